The number of benzene rings is 1. The number of carboxylic acids is 1. The van der Waals surface area contributed by atoms with Crippen LogP contribution in [0.4, 0.5) is 0 Å². The molecule has 5 nitrogen and oxygen atoms in total. The number of aryl methyl sites for hydroxylation is 2. The van der Waals surface area contributed by atoms with Crippen LogP contribution in [0, 0.1) is 12.8 Å². The molecule has 0 bridgehead atoms. The molecular weight excluding hydrogens is 372 g/mol. The summed E-state index contributed by atoms with van der Waals surface area (Å²) in [5.74, 6) is -0.965. The molecule has 0 aliphatic carbocycles. The summed E-state index contributed by atoms with van der Waals surface area (Å²) in [5, 5.41) is 15.8. The zero-order chi connectivity index (χ0) is 19.9. The Morgan fingerprint density at radius 1 is 1.36 bits per heavy atom. The van der Waals surface area contributed by atoms with Gasteiger partial charge in [0.25, 0.3) is 0 Å². The van der Waals surface area contributed by atoms with Gasteiger partial charge < -0.3 is 9.94 Å². The van der Waals surface area contributed by atoms with Crippen LogP contribution in [-0.2, 0) is 16.1 Å². The second-order valence-electron chi connectivity index (χ2n) is 7.19. The first-order valence-electron chi connectivity index (χ1n) is 9.88. The number of hydrogen-bond donors (Lipinski definition) is 1. The van der Waals surface area contributed by atoms with Crippen LogP contribution in [0.15, 0.2) is 40.9 Å². The Labute approximate surface area is 170 Å². The molecule has 150 valence electrons. The van der Waals surface area contributed by atoms with Crippen molar-refractivity contribution in [2.24, 2.45) is 11.1 Å². The lowest BCUT2D eigenvalue weighted by Gasteiger charge is -2.29. The maximum absolute atomic E-state index is 11.2. The van der Waals surface area contributed by atoms with Crippen molar-refractivity contribution in [3.63, 3.8) is 0 Å². The maximum Gasteiger partial charge on any atom is 0.307 e. The highest BCUT2D eigenvalue weighted by Gasteiger charge is 2.25. The Balaban J connectivity index is 1.70. The highest BCUT2D eigenvalue weighted by molar-refractivity contribution is 7.12. The van der Waals surface area contributed by atoms with Gasteiger partial charge in [-0.1, -0.05) is 36.3 Å². The summed E-state index contributed by atoms with van der Waals surface area (Å²) in [6.07, 6.45) is 2.62. The van der Waals surface area contributed by atoms with Gasteiger partial charge in [-0.05, 0) is 55.3 Å². The van der Waals surface area contributed by atoms with E-state index in [4.69, 9.17) is 4.84 Å². The molecule has 1 aliphatic rings. The molecular formula is C22H28N2O3S. The first-order valence-corrected chi connectivity index (χ1v) is 10.8. The SMILES string of the molecule is CCc1ccccc1/C(=N\OCCN1CCC[C@@H](C(=O)O)C1)c1sccc1C. The van der Waals surface area contributed by atoms with Crippen LogP contribution in [0.25, 0.3) is 0 Å². The fourth-order valence-corrected chi connectivity index (χ4v) is 4.55. The maximum atomic E-state index is 11.2. The lowest BCUT2D eigenvalue weighted by Crippen LogP contribution is -2.40. The van der Waals surface area contributed by atoms with E-state index in [-0.39, 0.29) is 5.92 Å². The summed E-state index contributed by atoms with van der Waals surface area (Å²) in [6.45, 7) is 6.90. The zero-order valence-corrected chi connectivity index (χ0v) is 17.4. The Hall–Kier alpha value is -2.18. The van der Waals surface area contributed by atoms with Crippen LogP contribution in [0.5, 0.6) is 0 Å². The molecule has 3 rings (SSSR count). The summed E-state index contributed by atoms with van der Waals surface area (Å²) in [7, 11) is 0. The smallest absolute Gasteiger partial charge is 0.307 e. The summed E-state index contributed by atoms with van der Waals surface area (Å²) < 4.78 is 0. The average Bonchev–Trinajstić information content (AvgIpc) is 3.14. The van der Waals surface area contributed by atoms with Gasteiger partial charge in [0.2, 0.25) is 0 Å². The van der Waals surface area contributed by atoms with E-state index in [1.165, 1.54) is 11.1 Å². The molecule has 1 atom stereocenters. The third kappa shape index (κ3) is 5.00. The molecule has 1 aliphatic heterocycles. The molecule has 1 saturated heterocycles. The van der Waals surface area contributed by atoms with Gasteiger partial charge in [0.15, 0.2) is 0 Å². The minimum absolute atomic E-state index is 0.266. The van der Waals surface area contributed by atoms with E-state index in [0.29, 0.717) is 19.7 Å². The first kappa shape index (κ1) is 20.6. The average molecular weight is 401 g/mol. The van der Waals surface area contributed by atoms with E-state index in [1.54, 1.807) is 11.3 Å². The Bertz CT molecular complexity index is 831. The van der Waals surface area contributed by atoms with Gasteiger partial charge in [-0.25, -0.2) is 0 Å². The number of carboxylic acid groups (broad SMARTS) is 1. The first-order chi connectivity index (χ1) is 13.6. The molecule has 28 heavy (non-hydrogen) atoms. The molecule has 0 saturated carbocycles. The number of carbonyl (C=O) groups is 1. The second-order valence-corrected chi connectivity index (χ2v) is 8.11. The monoisotopic (exact) mass is 400 g/mol. The fraction of sp³-hybridized carbons (Fsp3) is 0.455. The third-order valence-corrected chi connectivity index (χ3v) is 6.26. The molecule has 0 radical (unpaired) electrons. The van der Waals surface area contributed by atoms with Crippen LogP contribution in [0.3, 0.4) is 0 Å². The standard InChI is InChI=1S/C22H28N2O3S/c1-3-17-7-4-5-9-19(17)20(21-16(2)10-14-28-21)23-27-13-12-24-11-6-8-18(15-24)22(25)26/h4-5,7,9-10,14,18H,3,6,8,11-13,15H2,1-2H3,(H,25,26)/b23-20+/t18-/m1/s1. The number of aliphatic carboxylic acids is 1. The van der Waals surface area contributed by atoms with E-state index >= 15 is 0 Å². The quantitative estimate of drug-likeness (QED) is 0.410. The molecule has 0 amide bonds. The lowest BCUT2D eigenvalue weighted by molar-refractivity contribution is -0.143. The van der Waals surface area contributed by atoms with Crippen molar-refractivity contribution in [2.75, 3.05) is 26.2 Å². The number of hydrogen-bond acceptors (Lipinski definition) is 5. The summed E-state index contributed by atoms with van der Waals surface area (Å²) in [4.78, 5) is 20.2. The van der Waals surface area contributed by atoms with Crippen molar-refractivity contribution in [3.8, 4) is 0 Å². The fourth-order valence-electron chi connectivity index (χ4n) is 3.63. The Morgan fingerprint density at radius 3 is 2.89 bits per heavy atom. The van der Waals surface area contributed by atoms with Gasteiger partial charge >= 0.3 is 5.97 Å². The van der Waals surface area contributed by atoms with Gasteiger partial charge in [-0.15, -0.1) is 11.3 Å². The van der Waals surface area contributed by atoms with Crippen LogP contribution < -0.4 is 0 Å². The second kappa shape index (κ2) is 9.85. The number of piperidine rings is 1. The molecule has 0 unspecified atom stereocenters. The number of oxime groups is 1. The summed E-state index contributed by atoms with van der Waals surface area (Å²) >= 11 is 1.67. The van der Waals surface area contributed by atoms with Crippen molar-refractivity contribution in [1.29, 1.82) is 0 Å². The predicted octanol–water partition coefficient (Wildman–Crippen LogP) is 4.18. The Kier molecular flexibility index (Phi) is 7.23. The molecule has 0 spiro atoms. The van der Waals surface area contributed by atoms with E-state index in [1.807, 2.05) is 6.07 Å². The molecule has 1 aromatic carbocycles. The van der Waals surface area contributed by atoms with Gasteiger partial charge in [-0.3, -0.25) is 9.69 Å². The third-order valence-electron chi connectivity index (χ3n) is 5.24. The molecule has 1 fully saturated rings. The van der Waals surface area contributed by atoms with Crippen LogP contribution in [-0.4, -0.2) is 47.9 Å². The van der Waals surface area contributed by atoms with Crippen molar-refractivity contribution < 1.29 is 14.7 Å². The van der Waals surface area contributed by atoms with E-state index < -0.39 is 5.97 Å². The molecule has 2 heterocycles. The predicted molar refractivity (Wildman–Crippen MR) is 113 cm³/mol. The number of nitrogens with zero attached hydrogens (tertiary/aromatic N) is 2. The summed E-state index contributed by atoms with van der Waals surface area (Å²) in [6, 6.07) is 10.4. The lowest BCUT2D eigenvalue weighted by atomic mass is 9.98. The highest BCUT2D eigenvalue weighted by Crippen LogP contribution is 2.23. The Morgan fingerprint density at radius 2 is 2.18 bits per heavy atom. The van der Waals surface area contributed by atoms with Gasteiger partial charge in [0.1, 0.15) is 12.3 Å². The normalized spacial score (nSPS) is 18.2. The van der Waals surface area contributed by atoms with Gasteiger partial charge in [0.05, 0.1) is 10.8 Å². The number of thiophene rings is 1. The van der Waals surface area contributed by atoms with Crippen LogP contribution >= 0.6 is 11.3 Å². The van der Waals surface area contributed by atoms with E-state index in [2.05, 4.69) is 53.5 Å². The summed E-state index contributed by atoms with van der Waals surface area (Å²) in [5.41, 5.74) is 4.43. The topological polar surface area (TPSA) is 62.1 Å². The largest absolute Gasteiger partial charge is 0.481 e. The van der Waals surface area contributed by atoms with E-state index in [9.17, 15) is 9.90 Å². The van der Waals surface area contributed by atoms with Crippen molar-refractivity contribution in [1.82, 2.24) is 4.90 Å². The van der Waals surface area contributed by atoms with Crippen LogP contribution in [0.2, 0.25) is 0 Å². The van der Waals surface area contributed by atoms with Gasteiger partial charge in [-0.2, -0.15) is 0 Å². The highest BCUT2D eigenvalue weighted by atomic mass is 32.1. The van der Waals surface area contributed by atoms with E-state index in [0.717, 1.165) is 42.0 Å². The van der Waals surface area contributed by atoms with Crippen LogP contribution in [0.1, 0.15) is 41.3 Å². The minimum atomic E-state index is -0.699. The van der Waals surface area contributed by atoms with Crippen molar-refractivity contribution >= 4 is 23.0 Å². The van der Waals surface area contributed by atoms with Gasteiger partial charge in [0, 0.05) is 18.7 Å². The van der Waals surface area contributed by atoms with Crippen molar-refractivity contribution in [2.45, 2.75) is 33.1 Å². The van der Waals surface area contributed by atoms with Crippen molar-refractivity contribution in [3.05, 3.63) is 57.3 Å². The molecule has 1 N–H and O–H groups in total. The molecule has 6 heteroatoms. The zero-order valence-electron chi connectivity index (χ0n) is 16.6. The molecule has 2 aromatic rings. The number of rotatable bonds is 8. The minimum Gasteiger partial charge on any atom is -0.481 e. The molecule has 1 aromatic heterocycles. The number of likely N-dealkylation sites (tertiary alicyclic amines) is 1.